The van der Waals surface area contributed by atoms with Gasteiger partial charge in [0.2, 0.25) is 30.5 Å². The highest BCUT2D eigenvalue weighted by Crippen LogP contribution is 2.35. The van der Waals surface area contributed by atoms with Crippen LogP contribution in [-0.4, -0.2) is 211 Å². The second-order valence-corrected chi connectivity index (χ2v) is 34.1. The van der Waals surface area contributed by atoms with E-state index in [0.717, 1.165) is 0 Å². The van der Waals surface area contributed by atoms with Gasteiger partial charge in [0.15, 0.2) is 65.5 Å². The minimum atomic E-state index is -2.55. The SMILES string of the molecule is C[Si](C)(Cl)Cl.C[Si](C)(NC[C@H]1O[C@@H](n2cnc3c(=O)[nH]c(N)nc32)C[C@@H]1O)N[C@H]1[C@@H](O)[C@H](n2cnc3c(=O)[nH]c(N)nc32)O[C@@H]1CO.NC[C@H]1O[C@@H](n2cnc3c(=O)[nH]c(N)nc32)C[C@@H]1O.Nc1nc2c(ncn2[C@@H]2O[C@H](CO)[C@@H](N)[C@H]2O)c(=O)[nH]1. The number of nitrogen functional groups attached to an aromatic ring is 4. The fraction of sp³-hybridized carbons (Fsp3) is 0.545. The molecular formula is C44H66Cl2N24O14Si2. The molecule has 4 saturated heterocycles. The number of aromatic amines is 4. The number of nitrogens with two attached hydrogens (primary N) is 6. The lowest BCUT2D eigenvalue weighted by atomic mass is 10.1. The van der Waals surface area contributed by atoms with Crippen molar-refractivity contribution < 1.29 is 49.6 Å². The maximum absolute atomic E-state index is 12.2. The number of halogens is 2. The van der Waals surface area contributed by atoms with Crippen LogP contribution >= 0.6 is 22.2 Å². The second-order valence-electron chi connectivity index (χ2n) is 21.3. The maximum Gasteiger partial charge on any atom is 0.280 e. The molecule has 468 valence electrons. The van der Waals surface area contributed by atoms with Gasteiger partial charge < -0.3 is 94.0 Å². The van der Waals surface area contributed by atoms with Crippen LogP contribution < -0.4 is 66.6 Å². The summed E-state index contributed by atoms with van der Waals surface area (Å²) in [6, 6.07) is -1.44. The van der Waals surface area contributed by atoms with E-state index in [0.29, 0.717) is 12.1 Å². The van der Waals surface area contributed by atoms with Crippen LogP contribution in [0.3, 0.4) is 0 Å². The van der Waals surface area contributed by atoms with E-state index in [1.165, 1.54) is 34.4 Å². The number of nitrogens with one attached hydrogen (secondary N) is 6. The van der Waals surface area contributed by atoms with E-state index in [1.807, 2.05) is 26.2 Å². The molecule has 0 aliphatic carbocycles. The second kappa shape index (κ2) is 25.4. The highest BCUT2D eigenvalue weighted by molar-refractivity contribution is 7.44. The van der Waals surface area contributed by atoms with Gasteiger partial charge in [-0.2, -0.15) is 19.9 Å². The van der Waals surface area contributed by atoms with Crippen molar-refractivity contribution in [2.75, 3.05) is 49.2 Å². The molecule has 0 unspecified atom stereocenters. The van der Waals surface area contributed by atoms with Crippen molar-refractivity contribution in [3.8, 4) is 0 Å². The molecule has 38 nitrogen and oxygen atoms in total. The van der Waals surface area contributed by atoms with Crippen molar-refractivity contribution in [2.45, 2.75) is 125 Å². The Balaban J connectivity index is 0.000000166. The van der Waals surface area contributed by atoms with Crippen molar-refractivity contribution in [3.63, 3.8) is 0 Å². The van der Waals surface area contributed by atoms with Crippen molar-refractivity contribution in [2.24, 2.45) is 11.5 Å². The Bertz CT molecular complexity index is 3940. The lowest BCUT2D eigenvalue weighted by molar-refractivity contribution is -0.0489. The molecule has 4 fully saturated rings. The van der Waals surface area contributed by atoms with Crippen LogP contribution in [0.25, 0.3) is 44.7 Å². The first-order valence-electron chi connectivity index (χ1n) is 26.4. The molecule has 0 aromatic carbocycles. The summed E-state index contributed by atoms with van der Waals surface area (Å²) in [7, 11) is -2.55. The van der Waals surface area contributed by atoms with Gasteiger partial charge in [-0.25, -0.2) is 19.9 Å². The fourth-order valence-corrected chi connectivity index (χ4v) is 12.0. The average Bonchev–Trinajstić information content (AvgIpc) is 3.29. The Morgan fingerprint density at radius 1 is 0.570 bits per heavy atom. The monoisotopic (exact) mass is 1280 g/mol. The van der Waals surface area contributed by atoms with Crippen LogP contribution in [-0.2, 0) is 18.9 Å². The van der Waals surface area contributed by atoms with Crippen LogP contribution in [0, 0.1) is 0 Å². The Morgan fingerprint density at radius 3 is 1.29 bits per heavy atom. The summed E-state index contributed by atoms with van der Waals surface area (Å²) in [5.74, 6) is -0.226. The largest absolute Gasteiger partial charge is 0.394 e. The van der Waals surface area contributed by atoms with Crippen LogP contribution in [0.4, 0.5) is 23.8 Å². The van der Waals surface area contributed by atoms with E-state index in [9.17, 15) is 44.7 Å². The zero-order valence-electron chi connectivity index (χ0n) is 46.2. The number of rotatable bonds is 12. The molecule has 12 rings (SSSR count). The minimum absolute atomic E-state index is 0.00757. The van der Waals surface area contributed by atoms with Gasteiger partial charge >= 0.3 is 0 Å². The predicted octanol–water partition coefficient (Wildman–Crippen LogP) is -5.68. The van der Waals surface area contributed by atoms with E-state index in [2.05, 4.69) is 69.8 Å². The number of ether oxygens (including phenoxy) is 4. The molecule has 24 N–H and O–H groups in total. The zero-order chi connectivity index (χ0) is 62.4. The van der Waals surface area contributed by atoms with Crippen molar-refractivity contribution in [3.05, 3.63) is 66.7 Å². The Labute approximate surface area is 493 Å². The standard InChI is InChI=1S/C22H32N12O7Si.C10H14N6O4.C10H14N6O3.C2H6Cl2Si/c1-42(2,27-4-9-8(36)3-11(40-9)33-6-25-13-16(33)28-21(23)30-18(13)38)32-12-10(5-35)41-20(15(12)37)34-7-26-14-17(34)29-22(24)31-19(14)39;11-4-3(1-17)20-9(6(4)18)16-2-13-5-7(16)14-10(12)15-8(5)19;11-2-5-4(17)1-6(19-5)16-3-13-7-8(16)14-10(12)15-9(7)18;1-5(2,3)4/h6-12,15,20,27,32,35-37H,3-5H2,1-2H3,(H3,23,28,30,38)(H3,24,29,31,39);2-4,6,9,17-18H,1,11H2,(H3,12,14,15,19);3-6,17H,1-2,11H2,(H3,12,14,15,18);1-2H3/t8-,9+,10+,11+,12+,15+,20+;3-,4-,6-,9-;4-,5+,6+;/m010./s1. The van der Waals surface area contributed by atoms with Crippen LogP contribution in [0.2, 0.25) is 26.2 Å². The lowest BCUT2D eigenvalue weighted by Gasteiger charge is -2.33. The van der Waals surface area contributed by atoms with E-state index >= 15 is 0 Å². The fourth-order valence-electron chi connectivity index (χ4n) is 10.0. The quantitative estimate of drug-likeness (QED) is 0.0400. The molecule has 4 aliphatic rings. The molecule has 8 aromatic rings. The third-order valence-electron chi connectivity index (χ3n) is 14.0. The molecule has 14 atom stereocenters. The van der Waals surface area contributed by atoms with Gasteiger partial charge in [0.05, 0.1) is 75.0 Å². The molecule has 4 aliphatic heterocycles. The molecule has 0 radical (unpaired) electrons. The number of H-pyrrole nitrogens is 4. The highest BCUT2D eigenvalue weighted by Gasteiger charge is 2.48. The minimum Gasteiger partial charge on any atom is -0.394 e. The van der Waals surface area contributed by atoms with Gasteiger partial charge in [-0.15, -0.1) is 22.2 Å². The van der Waals surface area contributed by atoms with Crippen LogP contribution in [0.1, 0.15) is 37.8 Å². The Kier molecular flexibility index (Phi) is 18.8. The third-order valence-corrected chi connectivity index (χ3v) is 16.2. The number of anilines is 4. The van der Waals surface area contributed by atoms with E-state index in [-0.39, 0.29) is 95.5 Å². The molecule has 0 amide bonds. The number of imidazole rings is 4. The van der Waals surface area contributed by atoms with Gasteiger partial charge in [-0.1, -0.05) is 0 Å². The average molecular weight is 1280 g/mol. The van der Waals surface area contributed by atoms with Gasteiger partial charge in [0, 0.05) is 25.9 Å². The normalized spacial score (nSPS) is 27.6. The number of aromatic nitrogens is 16. The van der Waals surface area contributed by atoms with Gasteiger partial charge in [-0.05, 0) is 26.2 Å². The number of aliphatic hydroxyl groups excluding tert-OH is 6. The molecule has 86 heavy (non-hydrogen) atoms. The van der Waals surface area contributed by atoms with Crippen molar-refractivity contribution in [1.29, 1.82) is 0 Å². The number of fused-ring (bicyclic) bond motifs is 4. The Hall–Kier alpha value is -6.95. The van der Waals surface area contributed by atoms with Gasteiger partial charge in [0.25, 0.3) is 22.2 Å². The third kappa shape index (κ3) is 13.4. The molecule has 0 saturated carbocycles. The summed E-state index contributed by atoms with van der Waals surface area (Å²) in [4.78, 5) is 96.4. The predicted molar refractivity (Wildman–Crippen MR) is 312 cm³/mol. The number of aliphatic hydroxyl groups is 6. The smallest absolute Gasteiger partial charge is 0.280 e. The summed E-state index contributed by atoms with van der Waals surface area (Å²) < 4.78 is 29.1. The van der Waals surface area contributed by atoms with Crippen molar-refractivity contribution in [1.82, 2.24) is 88.0 Å². The van der Waals surface area contributed by atoms with Crippen molar-refractivity contribution >= 4 is 106 Å². The van der Waals surface area contributed by atoms with Gasteiger partial charge in [-0.3, -0.25) is 57.4 Å². The molecule has 0 bridgehead atoms. The van der Waals surface area contributed by atoms with E-state index in [1.54, 1.807) is 9.13 Å². The zero-order valence-corrected chi connectivity index (χ0v) is 49.7. The molecule has 8 aromatic heterocycles. The summed E-state index contributed by atoms with van der Waals surface area (Å²) in [6.07, 6.45) is -3.03. The molecular weight excluding hydrogens is 1220 g/mol. The van der Waals surface area contributed by atoms with Crippen LogP contribution in [0.5, 0.6) is 0 Å². The first kappa shape index (κ1) is 63.6. The van der Waals surface area contributed by atoms with E-state index < -0.39 is 123 Å². The molecule has 0 spiro atoms. The van der Waals surface area contributed by atoms with E-state index in [4.69, 9.17) is 80.6 Å². The summed E-state index contributed by atoms with van der Waals surface area (Å²) >= 11 is 10.9. The highest BCUT2D eigenvalue weighted by atomic mass is 35.7. The number of hydrogen-bond acceptors (Lipinski definition) is 30. The summed E-state index contributed by atoms with van der Waals surface area (Å²) in [5.41, 5.74) is 33.1. The van der Waals surface area contributed by atoms with Crippen LogP contribution in [0.15, 0.2) is 44.5 Å². The van der Waals surface area contributed by atoms with Gasteiger partial charge in [0.1, 0.15) is 36.9 Å². The summed E-state index contributed by atoms with van der Waals surface area (Å²) in [6.45, 7) is 5.74. The lowest BCUT2D eigenvalue weighted by Crippen LogP contribution is -2.66. The first-order chi connectivity index (χ1) is 40.6. The topological polar surface area (TPSA) is 593 Å². The first-order valence-corrected chi connectivity index (χ1v) is 34.4. The number of nitrogens with zero attached hydrogens (tertiary/aromatic N) is 12. The summed E-state index contributed by atoms with van der Waals surface area (Å²) in [5, 5.41) is 61.1. The maximum atomic E-state index is 12.2. The number of hydrogen-bond donors (Lipinski definition) is 18. The molecule has 42 heteroatoms. The Morgan fingerprint density at radius 2 is 0.919 bits per heavy atom. The molecule has 12 heterocycles.